The van der Waals surface area contributed by atoms with Crippen LogP contribution in [-0.4, -0.2) is 18.1 Å². The monoisotopic (exact) mass is 406 g/mol. The lowest BCUT2D eigenvalue weighted by molar-refractivity contribution is 0.462. The highest BCUT2D eigenvalue weighted by Crippen LogP contribution is 2.28. The van der Waals surface area contributed by atoms with Crippen LogP contribution in [0.25, 0.3) is 0 Å². The SMILES string of the molecule is CCCCCCCCCCc1cc(Oc2ccc(O)cc2)ccc1S(=O)(=O)O. The first kappa shape index (κ1) is 22.2. The first-order valence-electron chi connectivity index (χ1n) is 9.97. The molecular formula is C22H30O5S. The minimum absolute atomic E-state index is 0.0616. The summed E-state index contributed by atoms with van der Waals surface area (Å²) in [5.74, 6) is 1.17. The van der Waals surface area contributed by atoms with Gasteiger partial charge in [-0.25, -0.2) is 0 Å². The summed E-state index contributed by atoms with van der Waals surface area (Å²) in [6, 6.07) is 10.9. The topological polar surface area (TPSA) is 83.8 Å². The number of phenols is 1. The second-order valence-corrected chi connectivity index (χ2v) is 8.46. The molecule has 0 amide bonds. The van der Waals surface area contributed by atoms with Gasteiger partial charge in [0.05, 0.1) is 4.90 Å². The number of phenolic OH excluding ortho intramolecular Hbond substituents is 1. The standard InChI is InChI=1S/C22H30O5S/c1-2-3-4-5-6-7-8-9-10-18-17-21(15-16-22(18)28(24,25)26)27-20-13-11-19(23)12-14-20/h11-17,23H,2-10H2,1H3,(H,24,25,26). The van der Waals surface area contributed by atoms with Crippen LogP contribution in [0.5, 0.6) is 17.2 Å². The molecule has 0 aliphatic rings. The van der Waals surface area contributed by atoms with Crippen LogP contribution in [0.15, 0.2) is 47.4 Å². The largest absolute Gasteiger partial charge is 0.508 e. The zero-order valence-corrected chi connectivity index (χ0v) is 17.2. The van der Waals surface area contributed by atoms with Gasteiger partial charge in [0, 0.05) is 0 Å². The molecule has 0 radical (unpaired) electrons. The molecule has 0 saturated heterocycles. The lowest BCUT2D eigenvalue weighted by Gasteiger charge is -2.11. The number of rotatable bonds is 12. The summed E-state index contributed by atoms with van der Waals surface area (Å²) in [5.41, 5.74) is 0.560. The number of hydrogen-bond donors (Lipinski definition) is 2. The van der Waals surface area contributed by atoms with E-state index in [1.165, 1.54) is 56.4 Å². The van der Waals surface area contributed by atoms with E-state index >= 15 is 0 Å². The zero-order chi connectivity index (χ0) is 20.4. The van der Waals surface area contributed by atoms with Crippen LogP contribution in [0, 0.1) is 0 Å². The van der Waals surface area contributed by atoms with Gasteiger partial charge in [-0.15, -0.1) is 0 Å². The van der Waals surface area contributed by atoms with Crippen LogP contribution in [0.2, 0.25) is 0 Å². The molecule has 0 saturated carbocycles. The fraction of sp³-hybridized carbons (Fsp3) is 0.455. The maximum absolute atomic E-state index is 11.7. The van der Waals surface area contributed by atoms with Gasteiger partial charge < -0.3 is 9.84 Å². The molecule has 0 aliphatic carbocycles. The van der Waals surface area contributed by atoms with E-state index in [1.807, 2.05) is 0 Å². The third-order valence-electron chi connectivity index (χ3n) is 4.68. The van der Waals surface area contributed by atoms with E-state index in [-0.39, 0.29) is 10.6 Å². The maximum Gasteiger partial charge on any atom is 0.294 e. The van der Waals surface area contributed by atoms with Crippen molar-refractivity contribution in [1.82, 2.24) is 0 Å². The van der Waals surface area contributed by atoms with Crippen LogP contribution in [0.1, 0.15) is 63.9 Å². The van der Waals surface area contributed by atoms with E-state index in [1.54, 1.807) is 18.2 Å². The van der Waals surface area contributed by atoms with Crippen molar-refractivity contribution >= 4 is 10.1 Å². The van der Waals surface area contributed by atoms with Gasteiger partial charge in [-0.3, -0.25) is 4.55 Å². The number of unbranched alkanes of at least 4 members (excludes halogenated alkanes) is 7. The highest BCUT2D eigenvalue weighted by atomic mass is 32.2. The van der Waals surface area contributed by atoms with Crippen LogP contribution in [0.4, 0.5) is 0 Å². The molecule has 0 fully saturated rings. The summed E-state index contributed by atoms with van der Waals surface area (Å²) in [4.78, 5) is -0.0616. The second-order valence-electron chi connectivity index (χ2n) is 7.07. The number of aromatic hydroxyl groups is 1. The Hall–Kier alpha value is -2.05. The van der Waals surface area contributed by atoms with Crippen molar-refractivity contribution in [2.75, 3.05) is 0 Å². The van der Waals surface area contributed by atoms with Crippen LogP contribution >= 0.6 is 0 Å². The highest BCUT2D eigenvalue weighted by molar-refractivity contribution is 7.85. The summed E-state index contributed by atoms with van der Waals surface area (Å²) < 4.78 is 38.6. The molecule has 0 aromatic heterocycles. The fourth-order valence-electron chi connectivity index (χ4n) is 3.17. The molecule has 2 rings (SSSR count). The molecule has 0 unspecified atom stereocenters. The highest BCUT2D eigenvalue weighted by Gasteiger charge is 2.16. The Kier molecular flexibility index (Phi) is 8.80. The predicted octanol–water partition coefficient (Wildman–Crippen LogP) is 6.11. The maximum atomic E-state index is 11.7. The van der Waals surface area contributed by atoms with E-state index in [9.17, 15) is 18.1 Å². The van der Waals surface area contributed by atoms with E-state index < -0.39 is 10.1 Å². The van der Waals surface area contributed by atoms with Gasteiger partial charge in [-0.2, -0.15) is 8.42 Å². The molecule has 5 nitrogen and oxygen atoms in total. The van der Waals surface area contributed by atoms with E-state index in [2.05, 4.69) is 6.92 Å². The van der Waals surface area contributed by atoms with Crippen LogP contribution in [-0.2, 0) is 16.5 Å². The van der Waals surface area contributed by atoms with Crippen molar-refractivity contribution in [3.05, 3.63) is 48.0 Å². The molecule has 154 valence electrons. The molecular weight excluding hydrogens is 376 g/mol. The Labute approximate surface area is 168 Å². The van der Waals surface area contributed by atoms with Gasteiger partial charge in [0.2, 0.25) is 0 Å². The molecule has 0 heterocycles. The Morgan fingerprint density at radius 1 is 0.821 bits per heavy atom. The van der Waals surface area contributed by atoms with E-state index in [0.717, 1.165) is 19.3 Å². The van der Waals surface area contributed by atoms with Crippen LogP contribution in [0.3, 0.4) is 0 Å². The fourth-order valence-corrected chi connectivity index (χ4v) is 3.90. The van der Waals surface area contributed by atoms with Crippen LogP contribution < -0.4 is 4.74 Å². The number of aryl methyl sites for hydroxylation is 1. The first-order valence-corrected chi connectivity index (χ1v) is 11.4. The predicted molar refractivity (Wildman–Crippen MR) is 111 cm³/mol. The van der Waals surface area contributed by atoms with Gasteiger partial charge in [0.1, 0.15) is 17.2 Å². The normalized spacial score (nSPS) is 11.5. The molecule has 6 heteroatoms. The Morgan fingerprint density at radius 2 is 1.39 bits per heavy atom. The summed E-state index contributed by atoms with van der Waals surface area (Å²) in [7, 11) is -4.27. The average molecular weight is 407 g/mol. The quantitative estimate of drug-likeness (QED) is 0.328. The van der Waals surface area contributed by atoms with Gasteiger partial charge >= 0.3 is 0 Å². The van der Waals surface area contributed by atoms with Crippen molar-refractivity contribution in [2.24, 2.45) is 0 Å². The summed E-state index contributed by atoms with van der Waals surface area (Å²) in [5, 5.41) is 9.34. The van der Waals surface area contributed by atoms with E-state index in [0.29, 0.717) is 23.5 Å². The van der Waals surface area contributed by atoms with Crippen molar-refractivity contribution < 1.29 is 22.8 Å². The average Bonchev–Trinajstić information content (AvgIpc) is 2.65. The molecule has 0 spiro atoms. The summed E-state index contributed by atoms with van der Waals surface area (Å²) in [6.07, 6.45) is 9.84. The Balaban J connectivity index is 1.98. The smallest absolute Gasteiger partial charge is 0.294 e. The molecule has 0 aliphatic heterocycles. The van der Waals surface area contributed by atoms with E-state index in [4.69, 9.17) is 4.74 Å². The van der Waals surface area contributed by atoms with Gasteiger partial charge in [-0.05, 0) is 60.9 Å². The molecule has 0 bridgehead atoms. The van der Waals surface area contributed by atoms with Crippen molar-refractivity contribution in [1.29, 1.82) is 0 Å². The first-order chi connectivity index (χ1) is 13.4. The third-order valence-corrected chi connectivity index (χ3v) is 5.64. The molecule has 2 aromatic carbocycles. The van der Waals surface area contributed by atoms with Crippen molar-refractivity contribution in [2.45, 2.75) is 69.6 Å². The second kappa shape index (κ2) is 11.1. The Bertz CT molecular complexity index is 829. The summed E-state index contributed by atoms with van der Waals surface area (Å²) >= 11 is 0. The number of ether oxygens (including phenoxy) is 1. The minimum atomic E-state index is -4.27. The van der Waals surface area contributed by atoms with Gasteiger partial charge in [-0.1, -0.05) is 51.9 Å². The molecule has 0 atom stereocenters. The lowest BCUT2D eigenvalue weighted by atomic mass is 10.0. The zero-order valence-electron chi connectivity index (χ0n) is 16.4. The third kappa shape index (κ3) is 7.52. The number of benzene rings is 2. The van der Waals surface area contributed by atoms with Gasteiger partial charge in [0.15, 0.2) is 0 Å². The Morgan fingerprint density at radius 3 is 2.00 bits per heavy atom. The van der Waals surface area contributed by atoms with Crippen molar-refractivity contribution in [3.8, 4) is 17.2 Å². The molecule has 2 N–H and O–H groups in total. The molecule has 2 aromatic rings. The minimum Gasteiger partial charge on any atom is -0.508 e. The summed E-state index contributed by atoms with van der Waals surface area (Å²) in [6.45, 7) is 2.20. The lowest BCUT2D eigenvalue weighted by Crippen LogP contribution is -2.04. The molecule has 28 heavy (non-hydrogen) atoms. The van der Waals surface area contributed by atoms with Gasteiger partial charge in [0.25, 0.3) is 10.1 Å². The number of hydrogen-bond acceptors (Lipinski definition) is 4. The van der Waals surface area contributed by atoms with Crippen molar-refractivity contribution in [3.63, 3.8) is 0 Å².